The molecule has 1 N–H and O–H groups in total. The maximum absolute atomic E-state index is 12.9. The van der Waals surface area contributed by atoms with Crippen molar-refractivity contribution in [3.05, 3.63) is 139 Å². The molecule has 3 fully saturated rings. The van der Waals surface area contributed by atoms with Crippen LogP contribution in [0.25, 0.3) is 0 Å². The van der Waals surface area contributed by atoms with Crippen LogP contribution in [0.2, 0.25) is 41.3 Å². The number of hydrogen-bond acceptors (Lipinski definition) is 12. The average molecular weight is 1300 g/mol. The Morgan fingerprint density at radius 3 is 1.72 bits per heavy atom. The van der Waals surface area contributed by atoms with E-state index in [-0.39, 0.29) is 59.5 Å². The number of rotatable bonds is 30. The summed E-state index contributed by atoms with van der Waals surface area (Å²) in [5.74, 6) is 5.10. The van der Waals surface area contributed by atoms with E-state index in [2.05, 4.69) is 198 Å². The normalized spacial score (nSPS) is 21.7. The Morgan fingerprint density at radius 1 is 0.674 bits per heavy atom. The summed E-state index contributed by atoms with van der Waals surface area (Å²) < 4.78 is 48.6. The molecule has 7 rings (SSSR count). The first-order valence-electron chi connectivity index (χ1n) is 32.2. The van der Waals surface area contributed by atoms with Gasteiger partial charge in [-0.15, -0.1) is 53.6 Å². The number of aliphatic hydroxyl groups is 1. The molecular formula is C71H110O8S4Si3. The van der Waals surface area contributed by atoms with Crippen molar-refractivity contribution >= 4 is 82.4 Å². The summed E-state index contributed by atoms with van der Waals surface area (Å²) in [6.07, 6.45) is 9.60. The van der Waals surface area contributed by atoms with Gasteiger partial charge in [-0.2, -0.15) is 0 Å². The molecule has 0 saturated carbocycles. The first-order valence-corrected chi connectivity index (χ1v) is 43.9. The molecule has 3 saturated heterocycles. The first kappa shape index (κ1) is 71.6. The van der Waals surface area contributed by atoms with Crippen LogP contribution in [0.1, 0.15) is 151 Å². The lowest BCUT2D eigenvalue weighted by Gasteiger charge is -2.47. The Labute approximate surface area is 542 Å². The lowest BCUT2D eigenvalue weighted by molar-refractivity contribution is -0.268. The Balaban J connectivity index is 1.15. The second-order valence-electron chi connectivity index (χ2n) is 28.6. The van der Waals surface area contributed by atoms with E-state index in [0.29, 0.717) is 32.7 Å². The zero-order chi connectivity index (χ0) is 62.4. The third-order valence-electron chi connectivity index (χ3n) is 19.3. The van der Waals surface area contributed by atoms with Crippen molar-refractivity contribution < 1.29 is 37.3 Å². The van der Waals surface area contributed by atoms with Crippen LogP contribution in [-0.2, 0) is 34.1 Å². The highest BCUT2D eigenvalue weighted by Crippen LogP contribution is 2.54. The lowest BCUT2D eigenvalue weighted by Crippen LogP contribution is -2.67. The minimum atomic E-state index is -2.81. The predicted molar refractivity (Wildman–Crippen MR) is 380 cm³/mol. The van der Waals surface area contributed by atoms with E-state index in [1.54, 1.807) is 7.11 Å². The van der Waals surface area contributed by atoms with E-state index in [9.17, 15) is 5.11 Å². The van der Waals surface area contributed by atoms with Crippen LogP contribution >= 0.6 is 47.0 Å². The molecule has 0 bridgehead atoms. The Hall–Kier alpha value is -1.81. The number of benzene rings is 4. The highest BCUT2D eigenvalue weighted by molar-refractivity contribution is 8.19. The zero-order valence-corrected chi connectivity index (χ0v) is 61.6. The molecule has 0 aliphatic carbocycles. The summed E-state index contributed by atoms with van der Waals surface area (Å²) in [6.45, 7) is 39.5. The maximum Gasteiger partial charge on any atom is 0.261 e. The van der Waals surface area contributed by atoms with Crippen LogP contribution in [0, 0.1) is 11.8 Å². The van der Waals surface area contributed by atoms with Gasteiger partial charge in [0.1, 0.15) is 5.75 Å². The Morgan fingerprint density at radius 2 is 1.21 bits per heavy atom. The van der Waals surface area contributed by atoms with E-state index in [0.717, 1.165) is 84.8 Å². The highest BCUT2D eigenvalue weighted by atomic mass is 32.2. The molecule has 86 heavy (non-hydrogen) atoms. The molecule has 4 aromatic carbocycles. The van der Waals surface area contributed by atoms with Crippen LogP contribution < -0.4 is 15.1 Å². The smallest absolute Gasteiger partial charge is 0.261 e. The molecule has 3 aliphatic rings. The number of hydrogen-bond donors (Lipinski definition) is 1. The molecule has 0 radical (unpaired) electrons. The van der Waals surface area contributed by atoms with Gasteiger partial charge >= 0.3 is 0 Å². The third-order valence-corrected chi connectivity index (χ3v) is 40.2. The van der Waals surface area contributed by atoms with E-state index in [1.807, 2.05) is 72.1 Å². The molecule has 3 heterocycles. The summed E-state index contributed by atoms with van der Waals surface area (Å²) in [5.41, 5.74) is 2.02. The van der Waals surface area contributed by atoms with Crippen LogP contribution in [0.5, 0.6) is 5.75 Å². The molecule has 15 heteroatoms. The standard InChI is InChI=1S/C71H110O8S4Si3/c1-17-55(52-75-86(69(9,10)11,60-34-24-20-25-35-60)61-36-26-21-27-37-61)65(79-85(15,16)68(6,7)8)50-70(80-43-29-44-81-70)42-28-33-58(78-84(13,14)67(3,4)5)48-71(82-45-30-46-83-71)49-63(72)62(18-2)64-47-59(53-74-51-54-31-22-19-23-32-54)76-66(77-64)56-38-40-57(73-12)41-39-56/h18-27,31-32,34-41,55,58-59,62-66,72H,2,17,28-30,33,42-53H2,1,3-16H3/t55-,58+,59-,62-,63+,64+,65-,66+/m1/s1. The predicted octanol–water partition coefficient (Wildman–Crippen LogP) is 18.1. The lowest BCUT2D eigenvalue weighted by atomic mass is 9.87. The van der Waals surface area contributed by atoms with Crippen molar-refractivity contribution in [2.45, 2.75) is 226 Å². The molecule has 0 amide bonds. The fourth-order valence-electron chi connectivity index (χ4n) is 12.2. The highest BCUT2D eigenvalue weighted by Gasteiger charge is 2.52. The van der Waals surface area contributed by atoms with Crippen molar-refractivity contribution in [1.82, 2.24) is 0 Å². The zero-order valence-electron chi connectivity index (χ0n) is 55.3. The summed E-state index contributed by atoms with van der Waals surface area (Å²) in [7, 11) is -5.61. The largest absolute Gasteiger partial charge is 0.497 e. The molecule has 8 atom stereocenters. The van der Waals surface area contributed by atoms with Gasteiger partial charge in [0.15, 0.2) is 22.9 Å². The second kappa shape index (κ2) is 31.7. The molecular weight excluding hydrogens is 1190 g/mol. The van der Waals surface area contributed by atoms with Crippen molar-refractivity contribution in [3.8, 4) is 5.75 Å². The number of methoxy groups -OCH3 is 1. The number of aliphatic hydroxyl groups excluding tert-OH is 1. The molecule has 8 nitrogen and oxygen atoms in total. The molecule has 478 valence electrons. The van der Waals surface area contributed by atoms with Crippen LogP contribution in [0.4, 0.5) is 0 Å². The molecule has 4 aromatic rings. The average Bonchev–Trinajstić information content (AvgIpc) is 0.933. The maximum atomic E-state index is 12.9. The molecule has 3 aliphatic heterocycles. The number of thioether (sulfide) groups is 4. The Kier molecular flexibility index (Phi) is 26.4. The van der Waals surface area contributed by atoms with Gasteiger partial charge in [0.05, 0.1) is 52.9 Å². The summed E-state index contributed by atoms with van der Waals surface area (Å²) in [4.78, 5) is 0. The number of ether oxygens (including phenoxy) is 4. The Bertz CT molecular complexity index is 2580. The second-order valence-corrected chi connectivity index (χ2v) is 48.9. The van der Waals surface area contributed by atoms with Gasteiger partial charge < -0.3 is 37.3 Å². The van der Waals surface area contributed by atoms with Crippen molar-refractivity contribution in [2.75, 3.05) is 43.3 Å². The minimum absolute atomic E-state index is 0.00509. The van der Waals surface area contributed by atoms with Gasteiger partial charge in [-0.25, -0.2) is 0 Å². The SMILES string of the molecule is C=C[C@@H]([C@@H]1C[C@H](COCc2ccccc2)O[C@H](c2ccc(OC)cc2)O1)[C@@H](O)CC1(C[C@H](CCCC2(C[C@@H](O[Si](C)(C)C(C)(C)C)[C@H](CC)CO[Si](c3ccccc3)(c3ccccc3)C(C)(C)C)SCCCS2)O[Si](C)(C)C(C)(C)C)SCCCS1. The monoisotopic (exact) mass is 1300 g/mol. The van der Waals surface area contributed by atoms with Crippen molar-refractivity contribution in [2.24, 2.45) is 11.8 Å². The van der Waals surface area contributed by atoms with Crippen LogP contribution in [0.15, 0.2) is 128 Å². The first-order chi connectivity index (χ1) is 40.7. The molecule has 0 aromatic heterocycles. The van der Waals surface area contributed by atoms with Gasteiger partial charge in [0.2, 0.25) is 0 Å². The molecule has 0 unspecified atom stereocenters. The van der Waals surface area contributed by atoms with Gasteiger partial charge in [-0.05, 0) is 150 Å². The van der Waals surface area contributed by atoms with E-state index in [4.69, 9.17) is 32.2 Å². The fourth-order valence-corrected chi connectivity index (χ4v) is 26.6. The third kappa shape index (κ3) is 18.9. The van der Waals surface area contributed by atoms with Crippen LogP contribution in [-0.4, -0.2) is 112 Å². The van der Waals surface area contributed by atoms with Crippen molar-refractivity contribution in [1.29, 1.82) is 0 Å². The van der Waals surface area contributed by atoms with E-state index >= 15 is 0 Å². The van der Waals surface area contributed by atoms with Crippen molar-refractivity contribution in [3.63, 3.8) is 0 Å². The summed E-state index contributed by atoms with van der Waals surface area (Å²) in [6, 6.07) is 40.5. The minimum Gasteiger partial charge on any atom is -0.497 e. The molecule has 0 spiro atoms. The van der Waals surface area contributed by atoms with Gasteiger partial charge in [-0.1, -0.05) is 178 Å². The van der Waals surface area contributed by atoms with Gasteiger partial charge in [0.25, 0.3) is 8.32 Å². The van der Waals surface area contributed by atoms with Gasteiger partial charge in [0, 0.05) is 36.5 Å². The fraction of sp³-hybridized carbons (Fsp3) is 0.634. The van der Waals surface area contributed by atoms with E-state index < -0.39 is 37.3 Å². The topological polar surface area (TPSA) is 84.8 Å². The summed E-state index contributed by atoms with van der Waals surface area (Å²) in [5, 5.41) is 15.5. The van der Waals surface area contributed by atoms with Gasteiger partial charge in [-0.3, -0.25) is 0 Å². The quantitative estimate of drug-likeness (QED) is 0.0399. The van der Waals surface area contributed by atoms with Crippen LogP contribution in [0.3, 0.4) is 0 Å². The van der Waals surface area contributed by atoms with E-state index in [1.165, 1.54) is 16.8 Å². The summed E-state index contributed by atoms with van der Waals surface area (Å²) >= 11 is 8.51.